The van der Waals surface area contributed by atoms with Crippen molar-refractivity contribution in [1.82, 2.24) is 15.1 Å². The number of anilines is 3. The average Bonchev–Trinajstić information content (AvgIpc) is 2.93. The highest BCUT2D eigenvalue weighted by Crippen LogP contribution is 2.18. The van der Waals surface area contributed by atoms with Crippen LogP contribution in [0.2, 0.25) is 0 Å². The third-order valence-corrected chi connectivity index (χ3v) is 3.19. The summed E-state index contributed by atoms with van der Waals surface area (Å²) in [6.07, 6.45) is 1.53. The molecular weight excluding hydrogens is 278 g/mol. The van der Waals surface area contributed by atoms with Crippen LogP contribution in [0.3, 0.4) is 0 Å². The van der Waals surface area contributed by atoms with Crippen LogP contribution in [0.25, 0.3) is 0 Å². The SMILES string of the molecule is Cc1cc(Nc2cc(N(C)Cc3ccccc3)ncn2)no1. The van der Waals surface area contributed by atoms with Gasteiger partial charge in [-0.15, -0.1) is 0 Å². The maximum absolute atomic E-state index is 5.03. The van der Waals surface area contributed by atoms with Crippen LogP contribution < -0.4 is 10.2 Å². The molecule has 0 bridgehead atoms. The van der Waals surface area contributed by atoms with Gasteiger partial charge in [0.1, 0.15) is 23.7 Å². The van der Waals surface area contributed by atoms with Crippen LogP contribution >= 0.6 is 0 Å². The van der Waals surface area contributed by atoms with Crippen LogP contribution in [0, 0.1) is 6.92 Å². The van der Waals surface area contributed by atoms with Crippen LogP contribution in [0.15, 0.2) is 53.3 Å². The van der Waals surface area contributed by atoms with E-state index in [2.05, 4.69) is 37.5 Å². The molecule has 3 rings (SSSR count). The Morgan fingerprint density at radius 2 is 1.91 bits per heavy atom. The lowest BCUT2D eigenvalue weighted by atomic mass is 10.2. The van der Waals surface area contributed by atoms with Crippen molar-refractivity contribution < 1.29 is 4.52 Å². The van der Waals surface area contributed by atoms with Crippen molar-refractivity contribution in [2.45, 2.75) is 13.5 Å². The Morgan fingerprint density at radius 1 is 1.09 bits per heavy atom. The molecule has 0 unspecified atom stereocenters. The first-order valence-electron chi connectivity index (χ1n) is 6.98. The molecule has 22 heavy (non-hydrogen) atoms. The summed E-state index contributed by atoms with van der Waals surface area (Å²) in [5, 5.41) is 6.99. The molecule has 0 spiro atoms. The molecule has 0 amide bonds. The normalized spacial score (nSPS) is 10.5. The summed E-state index contributed by atoms with van der Waals surface area (Å²) >= 11 is 0. The van der Waals surface area contributed by atoms with Gasteiger partial charge in [-0.05, 0) is 12.5 Å². The van der Waals surface area contributed by atoms with E-state index in [-0.39, 0.29) is 0 Å². The molecule has 0 atom stereocenters. The minimum Gasteiger partial charge on any atom is -0.360 e. The summed E-state index contributed by atoms with van der Waals surface area (Å²) in [5.41, 5.74) is 1.23. The van der Waals surface area contributed by atoms with Gasteiger partial charge in [0.05, 0.1) is 0 Å². The Hall–Kier alpha value is -2.89. The number of benzene rings is 1. The summed E-state index contributed by atoms with van der Waals surface area (Å²) in [4.78, 5) is 10.6. The Kier molecular flexibility index (Phi) is 4.00. The first-order valence-corrected chi connectivity index (χ1v) is 6.98. The van der Waals surface area contributed by atoms with E-state index in [1.165, 1.54) is 11.9 Å². The predicted octanol–water partition coefficient (Wildman–Crippen LogP) is 3.15. The lowest BCUT2D eigenvalue weighted by molar-refractivity contribution is 0.400. The zero-order valence-electron chi connectivity index (χ0n) is 12.5. The van der Waals surface area contributed by atoms with Gasteiger partial charge in [-0.3, -0.25) is 0 Å². The van der Waals surface area contributed by atoms with Crippen molar-refractivity contribution in [2.24, 2.45) is 0 Å². The largest absolute Gasteiger partial charge is 0.360 e. The van der Waals surface area contributed by atoms with Crippen molar-refractivity contribution in [3.63, 3.8) is 0 Å². The van der Waals surface area contributed by atoms with E-state index in [1.807, 2.05) is 44.3 Å². The number of hydrogen-bond donors (Lipinski definition) is 1. The molecular formula is C16H17N5O. The van der Waals surface area contributed by atoms with Crippen LogP contribution in [0.5, 0.6) is 0 Å². The lowest BCUT2D eigenvalue weighted by Crippen LogP contribution is -2.17. The van der Waals surface area contributed by atoms with Gasteiger partial charge in [-0.2, -0.15) is 0 Å². The lowest BCUT2D eigenvalue weighted by Gasteiger charge is -2.18. The number of aromatic nitrogens is 3. The number of rotatable bonds is 5. The molecule has 1 aromatic carbocycles. The van der Waals surface area contributed by atoms with Gasteiger partial charge in [-0.25, -0.2) is 9.97 Å². The van der Waals surface area contributed by atoms with E-state index < -0.39 is 0 Å². The van der Waals surface area contributed by atoms with Gasteiger partial charge in [0.2, 0.25) is 0 Å². The van der Waals surface area contributed by atoms with Crippen molar-refractivity contribution in [3.8, 4) is 0 Å². The Morgan fingerprint density at radius 3 is 2.64 bits per heavy atom. The zero-order chi connectivity index (χ0) is 15.4. The molecule has 2 aromatic heterocycles. The van der Waals surface area contributed by atoms with E-state index in [4.69, 9.17) is 4.52 Å². The highest BCUT2D eigenvalue weighted by atomic mass is 16.5. The fraction of sp³-hybridized carbons (Fsp3) is 0.188. The Bertz CT molecular complexity index is 741. The Labute approximate surface area is 128 Å². The van der Waals surface area contributed by atoms with Gasteiger partial charge in [0.25, 0.3) is 0 Å². The second-order valence-electron chi connectivity index (χ2n) is 5.05. The van der Waals surface area contributed by atoms with Crippen molar-refractivity contribution in [1.29, 1.82) is 0 Å². The monoisotopic (exact) mass is 295 g/mol. The van der Waals surface area contributed by atoms with E-state index in [0.29, 0.717) is 11.6 Å². The molecule has 2 heterocycles. The first kappa shape index (κ1) is 14.1. The molecule has 0 fully saturated rings. The highest BCUT2D eigenvalue weighted by molar-refractivity contribution is 5.56. The molecule has 6 heteroatoms. The highest BCUT2D eigenvalue weighted by Gasteiger charge is 2.07. The van der Waals surface area contributed by atoms with Gasteiger partial charge in [-0.1, -0.05) is 35.5 Å². The maximum Gasteiger partial charge on any atom is 0.175 e. The Balaban J connectivity index is 1.73. The van der Waals surface area contributed by atoms with Crippen molar-refractivity contribution >= 4 is 17.5 Å². The number of aryl methyl sites for hydroxylation is 1. The third kappa shape index (κ3) is 3.41. The molecule has 3 aromatic rings. The van der Waals surface area contributed by atoms with Gasteiger partial charge in [0.15, 0.2) is 5.82 Å². The molecule has 0 radical (unpaired) electrons. The van der Waals surface area contributed by atoms with E-state index >= 15 is 0 Å². The number of nitrogens with one attached hydrogen (secondary N) is 1. The smallest absolute Gasteiger partial charge is 0.175 e. The van der Waals surface area contributed by atoms with Crippen molar-refractivity contribution in [3.05, 3.63) is 60.1 Å². The van der Waals surface area contributed by atoms with E-state index in [0.717, 1.165) is 18.1 Å². The van der Waals surface area contributed by atoms with E-state index in [1.54, 1.807) is 0 Å². The fourth-order valence-electron chi connectivity index (χ4n) is 2.12. The van der Waals surface area contributed by atoms with Gasteiger partial charge >= 0.3 is 0 Å². The average molecular weight is 295 g/mol. The third-order valence-electron chi connectivity index (χ3n) is 3.19. The molecule has 0 aliphatic rings. The number of hydrogen-bond acceptors (Lipinski definition) is 6. The molecule has 0 aliphatic carbocycles. The number of nitrogens with zero attached hydrogens (tertiary/aromatic N) is 4. The molecule has 1 N–H and O–H groups in total. The van der Waals surface area contributed by atoms with Gasteiger partial charge < -0.3 is 14.7 Å². The first-order chi connectivity index (χ1) is 10.7. The van der Waals surface area contributed by atoms with Crippen LogP contribution in [-0.2, 0) is 6.54 Å². The van der Waals surface area contributed by atoms with Crippen molar-refractivity contribution in [2.75, 3.05) is 17.3 Å². The fourth-order valence-corrected chi connectivity index (χ4v) is 2.12. The predicted molar refractivity (Wildman–Crippen MR) is 85.1 cm³/mol. The quantitative estimate of drug-likeness (QED) is 0.780. The minimum absolute atomic E-state index is 0.632. The standard InChI is InChI=1S/C16H17N5O/c1-12-8-15(20-22-12)19-14-9-16(18-11-17-14)21(2)10-13-6-4-3-5-7-13/h3-9,11H,10H2,1-2H3,(H,17,18,19,20). The zero-order valence-corrected chi connectivity index (χ0v) is 12.5. The molecule has 112 valence electrons. The molecule has 0 saturated carbocycles. The second-order valence-corrected chi connectivity index (χ2v) is 5.05. The minimum atomic E-state index is 0.632. The van der Waals surface area contributed by atoms with Crippen LogP contribution in [0.4, 0.5) is 17.5 Å². The molecule has 0 saturated heterocycles. The summed E-state index contributed by atoms with van der Waals surface area (Å²) in [6.45, 7) is 2.62. The summed E-state index contributed by atoms with van der Waals surface area (Å²) in [7, 11) is 2.00. The van der Waals surface area contributed by atoms with Gasteiger partial charge in [0, 0.05) is 25.7 Å². The van der Waals surface area contributed by atoms with Crippen LogP contribution in [0.1, 0.15) is 11.3 Å². The summed E-state index contributed by atoms with van der Waals surface area (Å²) in [6, 6.07) is 14.0. The topological polar surface area (TPSA) is 67.1 Å². The van der Waals surface area contributed by atoms with E-state index in [9.17, 15) is 0 Å². The molecule has 6 nitrogen and oxygen atoms in total. The van der Waals surface area contributed by atoms with Crippen LogP contribution in [-0.4, -0.2) is 22.2 Å². The summed E-state index contributed by atoms with van der Waals surface area (Å²) in [5.74, 6) is 2.89. The maximum atomic E-state index is 5.03. The second kappa shape index (κ2) is 6.26. The summed E-state index contributed by atoms with van der Waals surface area (Å²) < 4.78 is 5.03. The molecule has 0 aliphatic heterocycles.